The summed E-state index contributed by atoms with van der Waals surface area (Å²) in [5.41, 5.74) is 1.91. The van der Waals surface area contributed by atoms with E-state index in [-0.39, 0.29) is 18.3 Å². The summed E-state index contributed by atoms with van der Waals surface area (Å²) in [6.45, 7) is 4.29. The number of rotatable bonds is 7. The first kappa shape index (κ1) is 20.0. The van der Waals surface area contributed by atoms with Crippen LogP contribution in [0.3, 0.4) is 0 Å². The topological polar surface area (TPSA) is 59.5 Å². The van der Waals surface area contributed by atoms with Crippen molar-refractivity contribution in [2.45, 2.75) is 20.5 Å². The summed E-state index contributed by atoms with van der Waals surface area (Å²) in [7, 11) is 0. The Morgan fingerprint density at radius 1 is 1.07 bits per heavy atom. The maximum absolute atomic E-state index is 12.5. The summed E-state index contributed by atoms with van der Waals surface area (Å²) >= 11 is 7.27. The van der Waals surface area contributed by atoms with E-state index >= 15 is 0 Å². The van der Waals surface area contributed by atoms with Crippen LogP contribution in [0.4, 0.5) is 5.13 Å². The monoisotopic (exact) mass is 414 g/mol. The first-order valence-corrected chi connectivity index (χ1v) is 9.99. The molecule has 144 valence electrons. The van der Waals surface area contributed by atoms with Crippen molar-refractivity contribution >= 4 is 39.8 Å². The van der Waals surface area contributed by atoms with E-state index in [9.17, 15) is 9.59 Å². The van der Waals surface area contributed by atoms with Crippen molar-refractivity contribution in [1.29, 1.82) is 0 Å². The molecule has 28 heavy (non-hydrogen) atoms. The molecule has 0 N–H and O–H groups in total. The number of ether oxygens (including phenoxy) is 1. The van der Waals surface area contributed by atoms with Crippen molar-refractivity contribution in [2.75, 3.05) is 11.4 Å². The van der Waals surface area contributed by atoms with Crippen molar-refractivity contribution in [3.8, 4) is 5.75 Å². The third kappa shape index (κ3) is 4.77. The molecule has 0 aliphatic heterocycles. The van der Waals surface area contributed by atoms with Gasteiger partial charge >= 0.3 is 0 Å². The normalized spacial score (nSPS) is 10.5. The van der Waals surface area contributed by atoms with Gasteiger partial charge in [-0.1, -0.05) is 11.6 Å². The molecule has 0 atom stereocenters. The molecule has 3 rings (SSSR count). The average Bonchev–Trinajstić information content (AvgIpc) is 3.15. The van der Waals surface area contributed by atoms with Gasteiger partial charge in [0.25, 0.3) is 0 Å². The minimum Gasteiger partial charge on any atom is -0.487 e. The third-order valence-electron chi connectivity index (χ3n) is 4.08. The number of ketones is 1. The number of hydrogen-bond acceptors (Lipinski definition) is 5. The molecule has 0 radical (unpaired) electrons. The van der Waals surface area contributed by atoms with E-state index in [1.165, 1.54) is 18.3 Å². The Morgan fingerprint density at radius 3 is 2.25 bits per heavy atom. The molecule has 0 fully saturated rings. The zero-order valence-electron chi connectivity index (χ0n) is 15.5. The number of aromatic nitrogens is 1. The average molecular weight is 415 g/mol. The van der Waals surface area contributed by atoms with Crippen LogP contribution in [-0.4, -0.2) is 23.2 Å². The standard InChI is InChI=1S/C21H19ClN2O3S/c1-3-24(14(2)25)21-23-18(13-28-21)12-27-19-10-6-16(7-11-19)20(26)15-4-8-17(22)9-5-15/h4-11,13H,3,12H2,1-2H3. The van der Waals surface area contributed by atoms with Crippen LogP contribution in [0.1, 0.15) is 35.5 Å². The Balaban J connectivity index is 1.62. The molecule has 1 heterocycles. The molecule has 0 unspecified atom stereocenters. The van der Waals surface area contributed by atoms with Gasteiger partial charge < -0.3 is 4.74 Å². The first-order valence-electron chi connectivity index (χ1n) is 8.73. The Kier molecular flexibility index (Phi) is 6.44. The maximum atomic E-state index is 12.5. The molecule has 0 saturated carbocycles. The Labute approximate surface area is 172 Å². The summed E-state index contributed by atoms with van der Waals surface area (Å²) in [6, 6.07) is 13.8. The molecular formula is C21H19ClN2O3S. The number of amides is 1. The number of anilines is 1. The zero-order chi connectivity index (χ0) is 20.1. The second-order valence-electron chi connectivity index (χ2n) is 6.03. The van der Waals surface area contributed by atoms with Crippen LogP contribution in [-0.2, 0) is 11.4 Å². The molecule has 0 saturated heterocycles. The molecule has 1 amide bonds. The van der Waals surface area contributed by atoms with Crippen molar-refractivity contribution in [3.63, 3.8) is 0 Å². The lowest BCUT2D eigenvalue weighted by Gasteiger charge is -2.14. The zero-order valence-corrected chi connectivity index (χ0v) is 17.1. The highest BCUT2D eigenvalue weighted by Gasteiger charge is 2.14. The predicted octanol–water partition coefficient (Wildman–Crippen LogP) is 4.98. The van der Waals surface area contributed by atoms with Crippen molar-refractivity contribution in [2.24, 2.45) is 0 Å². The fraction of sp³-hybridized carbons (Fsp3) is 0.190. The SMILES string of the molecule is CCN(C(C)=O)c1nc(COc2ccc(C(=O)c3ccc(Cl)cc3)cc2)cs1. The lowest BCUT2D eigenvalue weighted by atomic mass is 10.0. The van der Waals surface area contributed by atoms with E-state index in [0.717, 1.165) is 5.69 Å². The fourth-order valence-electron chi connectivity index (χ4n) is 2.61. The highest BCUT2D eigenvalue weighted by Crippen LogP contribution is 2.22. The minimum absolute atomic E-state index is 0.0368. The van der Waals surface area contributed by atoms with E-state index < -0.39 is 0 Å². The predicted molar refractivity (Wildman–Crippen MR) is 111 cm³/mol. The molecule has 0 aliphatic carbocycles. The Morgan fingerprint density at radius 2 is 1.68 bits per heavy atom. The van der Waals surface area contributed by atoms with Gasteiger partial charge in [0.05, 0.1) is 5.69 Å². The summed E-state index contributed by atoms with van der Waals surface area (Å²) in [5, 5.41) is 3.13. The van der Waals surface area contributed by atoms with Crippen molar-refractivity contribution in [3.05, 3.63) is 75.8 Å². The number of nitrogens with zero attached hydrogens (tertiary/aromatic N) is 2. The first-order chi connectivity index (χ1) is 13.5. The van der Waals surface area contributed by atoms with E-state index in [2.05, 4.69) is 4.98 Å². The van der Waals surface area contributed by atoms with Gasteiger partial charge in [-0.15, -0.1) is 11.3 Å². The van der Waals surface area contributed by atoms with E-state index in [1.54, 1.807) is 53.4 Å². The second kappa shape index (κ2) is 8.99. The van der Waals surface area contributed by atoms with Gasteiger partial charge in [-0.2, -0.15) is 0 Å². The Bertz CT molecular complexity index is 968. The maximum Gasteiger partial charge on any atom is 0.225 e. The molecular weight excluding hydrogens is 396 g/mol. The quantitative estimate of drug-likeness (QED) is 0.511. The van der Waals surface area contributed by atoms with E-state index in [0.29, 0.717) is 33.6 Å². The highest BCUT2D eigenvalue weighted by molar-refractivity contribution is 7.14. The summed E-state index contributed by atoms with van der Waals surface area (Å²) in [4.78, 5) is 30.1. The third-order valence-corrected chi connectivity index (χ3v) is 5.24. The number of carbonyl (C=O) groups excluding carboxylic acids is 2. The van der Waals surface area contributed by atoms with Gasteiger partial charge in [-0.25, -0.2) is 4.98 Å². The van der Waals surface area contributed by atoms with Crippen molar-refractivity contribution in [1.82, 2.24) is 4.98 Å². The number of halogens is 1. The van der Waals surface area contributed by atoms with Gasteiger partial charge in [-0.3, -0.25) is 14.5 Å². The largest absolute Gasteiger partial charge is 0.487 e. The van der Waals surface area contributed by atoms with Crippen molar-refractivity contribution < 1.29 is 14.3 Å². The van der Waals surface area contributed by atoms with E-state index in [1.807, 2.05) is 12.3 Å². The summed E-state index contributed by atoms with van der Waals surface area (Å²) in [5.74, 6) is 0.530. The molecule has 5 nitrogen and oxygen atoms in total. The van der Waals surface area contributed by atoms with Crippen LogP contribution in [0.25, 0.3) is 0 Å². The van der Waals surface area contributed by atoms with Crippen LogP contribution >= 0.6 is 22.9 Å². The smallest absolute Gasteiger partial charge is 0.225 e. The molecule has 0 aliphatic rings. The lowest BCUT2D eigenvalue weighted by Crippen LogP contribution is -2.27. The number of carbonyl (C=O) groups is 2. The van der Waals surface area contributed by atoms with Crippen LogP contribution < -0.4 is 9.64 Å². The van der Waals surface area contributed by atoms with E-state index in [4.69, 9.17) is 16.3 Å². The van der Waals surface area contributed by atoms with Gasteiger partial charge in [0.15, 0.2) is 10.9 Å². The summed E-state index contributed by atoms with van der Waals surface area (Å²) < 4.78 is 5.75. The minimum atomic E-state index is -0.0729. The van der Waals surface area contributed by atoms with Gasteiger partial charge in [0, 0.05) is 35.0 Å². The lowest BCUT2D eigenvalue weighted by molar-refractivity contribution is -0.116. The van der Waals surface area contributed by atoms with Crippen LogP contribution in [0.5, 0.6) is 5.75 Å². The highest BCUT2D eigenvalue weighted by atomic mass is 35.5. The molecule has 2 aromatic carbocycles. The van der Waals surface area contributed by atoms with Gasteiger partial charge in [-0.05, 0) is 55.5 Å². The molecule has 0 spiro atoms. The van der Waals surface area contributed by atoms with Gasteiger partial charge in [0.2, 0.25) is 5.91 Å². The fourth-order valence-corrected chi connectivity index (χ4v) is 3.65. The molecule has 7 heteroatoms. The Hall–Kier alpha value is -2.70. The molecule has 3 aromatic rings. The molecule has 0 bridgehead atoms. The van der Waals surface area contributed by atoms with Gasteiger partial charge in [0.1, 0.15) is 12.4 Å². The molecule has 1 aromatic heterocycles. The summed E-state index contributed by atoms with van der Waals surface area (Å²) in [6.07, 6.45) is 0. The number of benzene rings is 2. The second-order valence-corrected chi connectivity index (χ2v) is 7.31. The van der Waals surface area contributed by atoms with Crippen LogP contribution in [0.2, 0.25) is 5.02 Å². The number of hydrogen-bond donors (Lipinski definition) is 0. The number of thiazole rings is 1. The van der Waals surface area contributed by atoms with Crippen LogP contribution in [0, 0.1) is 0 Å². The van der Waals surface area contributed by atoms with Crippen LogP contribution in [0.15, 0.2) is 53.9 Å².